The molecular weight excluding hydrogens is 291 g/mol. The van der Waals surface area contributed by atoms with E-state index in [0.717, 1.165) is 0 Å². The third kappa shape index (κ3) is 3.30. The molecule has 120 valence electrons. The van der Waals surface area contributed by atoms with E-state index in [1.165, 1.54) is 0 Å². The molecule has 1 amide bonds. The van der Waals surface area contributed by atoms with E-state index >= 15 is 0 Å². The average Bonchev–Trinajstić information content (AvgIpc) is 2.87. The molecule has 2 N–H and O–H groups in total. The van der Waals surface area contributed by atoms with Gasteiger partial charge in [-0.15, -0.1) is 0 Å². The van der Waals surface area contributed by atoms with Crippen LogP contribution in [0.3, 0.4) is 0 Å². The Morgan fingerprint density at radius 1 is 1.24 bits per heavy atom. The van der Waals surface area contributed by atoms with Gasteiger partial charge in [-0.3, -0.25) is 4.79 Å². The first-order valence-corrected chi connectivity index (χ1v) is 6.96. The first-order valence-electron chi connectivity index (χ1n) is 6.96. The van der Waals surface area contributed by atoms with Crippen molar-refractivity contribution in [3.8, 4) is 0 Å². The molecule has 0 aromatic carbocycles. The van der Waals surface area contributed by atoms with Gasteiger partial charge < -0.3 is 15.2 Å². The summed E-state index contributed by atoms with van der Waals surface area (Å²) >= 11 is 0. The van der Waals surface area contributed by atoms with E-state index in [4.69, 9.17) is 4.74 Å². The number of carboxylic acids is 1. The molecule has 1 saturated heterocycles. The van der Waals surface area contributed by atoms with Crippen LogP contribution in [0.25, 0.3) is 0 Å². The lowest BCUT2D eigenvalue weighted by Crippen LogP contribution is -2.58. The van der Waals surface area contributed by atoms with Gasteiger partial charge in [0, 0.05) is 18.9 Å². The molecule has 0 aromatic rings. The number of rotatable bonds is 3. The Morgan fingerprint density at radius 2 is 1.90 bits per heavy atom. The van der Waals surface area contributed by atoms with Crippen LogP contribution < -0.4 is 5.32 Å². The molecule has 2 aliphatic rings. The highest BCUT2D eigenvalue weighted by atomic mass is 19.4. The zero-order valence-corrected chi connectivity index (χ0v) is 11.4. The molecule has 3 unspecified atom stereocenters. The number of ether oxygens (including phenoxy) is 1. The highest BCUT2D eigenvalue weighted by molar-refractivity contribution is 5.88. The van der Waals surface area contributed by atoms with Crippen LogP contribution in [0.2, 0.25) is 0 Å². The van der Waals surface area contributed by atoms with Gasteiger partial charge in [0.05, 0.1) is 12.5 Å². The first kappa shape index (κ1) is 16.1. The Bertz CT molecular complexity index is 418. The van der Waals surface area contributed by atoms with Crippen LogP contribution in [-0.2, 0) is 14.3 Å². The fraction of sp³-hybridized carbons (Fsp3) is 0.846. The summed E-state index contributed by atoms with van der Waals surface area (Å²) in [4.78, 5) is 23.5. The normalized spacial score (nSPS) is 33.7. The lowest BCUT2D eigenvalue weighted by molar-refractivity contribution is -0.198. The largest absolute Gasteiger partial charge is 0.479 e. The van der Waals surface area contributed by atoms with Gasteiger partial charge in [0.2, 0.25) is 5.91 Å². The van der Waals surface area contributed by atoms with Crippen molar-refractivity contribution in [3.63, 3.8) is 0 Å². The van der Waals surface area contributed by atoms with Crippen LogP contribution >= 0.6 is 0 Å². The monoisotopic (exact) mass is 309 g/mol. The van der Waals surface area contributed by atoms with Crippen molar-refractivity contribution in [1.82, 2.24) is 5.32 Å². The molecule has 2 fully saturated rings. The van der Waals surface area contributed by atoms with Gasteiger partial charge >= 0.3 is 12.1 Å². The molecule has 2 rings (SSSR count). The zero-order chi connectivity index (χ0) is 15.7. The Morgan fingerprint density at radius 3 is 2.43 bits per heavy atom. The number of carboxylic acid groups (broad SMARTS) is 1. The molecule has 1 heterocycles. The van der Waals surface area contributed by atoms with Crippen LogP contribution in [0.5, 0.6) is 0 Å². The Balaban J connectivity index is 2.12. The van der Waals surface area contributed by atoms with Crippen molar-refractivity contribution in [2.45, 2.75) is 43.8 Å². The topological polar surface area (TPSA) is 75.6 Å². The Hall–Kier alpha value is -1.31. The van der Waals surface area contributed by atoms with Crippen molar-refractivity contribution in [3.05, 3.63) is 0 Å². The van der Waals surface area contributed by atoms with Crippen LogP contribution in [0.1, 0.15) is 32.1 Å². The highest BCUT2D eigenvalue weighted by Gasteiger charge is 2.51. The zero-order valence-electron chi connectivity index (χ0n) is 11.4. The second-order valence-corrected chi connectivity index (χ2v) is 5.72. The maximum absolute atomic E-state index is 13.0. The van der Waals surface area contributed by atoms with Crippen molar-refractivity contribution in [2.24, 2.45) is 11.8 Å². The van der Waals surface area contributed by atoms with E-state index in [2.05, 4.69) is 5.32 Å². The van der Waals surface area contributed by atoms with Crippen LogP contribution in [0.4, 0.5) is 13.2 Å². The smallest absolute Gasteiger partial charge is 0.392 e. The summed E-state index contributed by atoms with van der Waals surface area (Å²) in [6, 6.07) is 0. The molecule has 1 aliphatic heterocycles. The van der Waals surface area contributed by atoms with E-state index in [9.17, 15) is 27.9 Å². The number of amides is 1. The maximum atomic E-state index is 13.0. The van der Waals surface area contributed by atoms with Gasteiger partial charge in [-0.05, 0) is 12.8 Å². The predicted octanol–water partition coefficient (Wildman–Crippen LogP) is 1.71. The summed E-state index contributed by atoms with van der Waals surface area (Å²) in [5.74, 6) is -5.01. The SMILES string of the molecule is O=C(NC1(C(=O)O)CCOC1)C1CCCCC1C(F)(F)F. The molecule has 5 nitrogen and oxygen atoms in total. The number of aliphatic carboxylic acids is 1. The second kappa shape index (κ2) is 5.82. The minimum absolute atomic E-state index is 0.0669. The Labute approximate surface area is 119 Å². The molecule has 1 aliphatic carbocycles. The summed E-state index contributed by atoms with van der Waals surface area (Å²) in [5, 5.41) is 11.5. The molecule has 1 saturated carbocycles. The third-order valence-corrected chi connectivity index (χ3v) is 4.32. The fourth-order valence-electron chi connectivity index (χ4n) is 3.05. The average molecular weight is 309 g/mol. The molecule has 8 heteroatoms. The lowest BCUT2D eigenvalue weighted by atomic mass is 9.77. The summed E-state index contributed by atoms with van der Waals surface area (Å²) in [6.07, 6.45) is -3.35. The number of hydrogen-bond donors (Lipinski definition) is 2. The number of nitrogens with one attached hydrogen (secondary N) is 1. The number of alkyl halides is 3. The van der Waals surface area contributed by atoms with E-state index in [1.807, 2.05) is 0 Å². The van der Waals surface area contributed by atoms with Gasteiger partial charge in [-0.1, -0.05) is 12.8 Å². The fourth-order valence-corrected chi connectivity index (χ4v) is 3.05. The van der Waals surface area contributed by atoms with Crippen LogP contribution in [0, 0.1) is 11.8 Å². The summed E-state index contributed by atoms with van der Waals surface area (Å²) in [6.45, 7) is -0.0442. The van der Waals surface area contributed by atoms with Gasteiger partial charge in [0.15, 0.2) is 5.54 Å². The van der Waals surface area contributed by atoms with Gasteiger partial charge in [-0.2, -0.15) is 13.2 Å². The quantitative estimate of drug-likeness (QED) is 0.832. The predicted molar refractivity (Wildman–Crippen MR) is 65.4 cm³/mol. The van der Waals surface area contributed by atoms with E-state index < -0.39 is 35.4 Å². The number of halogens is 3. The highest BCUT2D eigenvalue weighted by Crippen LogP contribution is 2.41. The summed E-state index contributed by atoms with van der Waals surface area (Å²) < 4.78 is 44.0. The molecular formula is C13H18F3NO4. The van der Waals surface area contributed by atoms with Crippen molar-refractivity contribution < 1.29 is 32.6 Å². The molecule has 21 heavy (non-hydrogen) atoms. The third-order valence-electron chi connectivity index (χ3n) is 4.32. The number of carbonyl (C=O) groups is 2. The van der Waals surface area contributed by atoms with Gasteiger partial charge in [0.25, 0.3) is 0 Å². The summed E-state index contributed by atoms with van der Waals surface area (Å²) in [7, 11) is 0. The molecule has 0 aromatic heterocycles. The Kier molecular flexibility index (Phi) is 4.46. The molecule has 0 spiro atoms. The molecule has 0 radical (unpaired) electrons. The minimum atomic E-state index is -4.44. The first-order chi connectivity index (χ1) is 9.76. The molecule has 0 bridgehead atoms. The van der Waals surface area contributed by atoms with Crippen molar-refractivity contribution >= 4 is 11.9 Å². The number of carbonyl (C=O) groups excluding carboxylic acids is 1. The molecule has 3 atom stereocenters. The van der Waals surface area contributed by atoms with Crippen LogP contribution in [-0.4, -0.2) is 41.9 Å². The second-order valence-electron chi connectivity index (χ2n) is 5.72. The van der Waals surface area contributed by atoms with Crippen LogP contribution in [0.15, 0.2) is 0 Å². The maximum Gasteiger partial charge on any atom is 0.392 e. The summed E-state index contributed by atoms with van der Waals surface area (Å²) in [5.41, 5.74) is -1.59. The lowest BCUT2D eigenvalue weighted by Gasteiger charge is -2.34. The minimum Gasteiger partial charge on any atom is -0.479 e. The van der Waals surface area contributed by atoms with Gasteiger partial charge in [-0.25, -0.2) is 4.79 Å². The number of hydrogen-bond acceptors (Lipinski definition) is 3. The van der Waals surface area contributed by atoms with E-state index in [-0.39, 0.29) is 32.5 Å². The standard InChI is InChI=1S/C13H18F3NO4/c14-13(15,16)9-4-2-1-3-8(9)10(18)17-12(11(19)20)5-6-21-7-12/h8-9H,1-7H2,(H,17,18)(H,19,20). The van der Waals surface area contributed by atoms with Crippen molar-refractivity contribution in [1.29, 1.82) is 0 Å². The van der Waals surface area contributed by atoms with Gasteiger partial charge in [0.1, 0.15) is 0 Å². The van der Waals surface area contributed by atoms with Crippen molar-refractivity contribution in [2.75, 3.05) is 13.2 Å². The van der Waals surface area contributed by atoms with E-state index in [1.54, 1.807) is 0 Å². The van der Waals surface area contributed by atoms with E-state index in [0.29, 0.717) is 12.8 Å².